The fraction of sp³-hybridized carbons (Fsp3) is 0.200. The minimum absolute atomic E-state index is 0.0597. The summed E-state index contributed by atoms with van der Waals surface area (Å²) in [7, 11) is -2.69. The summed E-state index contributed by atoms with van der Waals surface area (Å²) >= 11 is 0. The van der Waals surface area contributed by atoms with Crippen molar-refractivity contribution >= 4 is 21.4 Å². The summed E-state index contributed by atoms with van der Waals surface area (Å²) in [6.07, 6.45) is -0.357. The SMILES string of the molecule is COC(CNc1cccc(S(N)(=O)=O)c1[N+](=O)[O-])c1ccccc1. The largest absolute Gasteiger partial charge is 0.376 e. The van der Waals surface area contributed by atoms with Crippen LogP contribution in [-0.4, -0.2) is 27.0 Å². The van der Waals surface area contributed by atoms with Crippen molar-refractivity contribution in [2.45, 2.75) is 11.0 Å². The zero-order valence-corrected chi connectivity index (χ0v) is 13.7. The quantitative estimate of drug-likeness (QED) is 0.581. The molecule has 0 aliphatic carbocycles. The Kier molecular flexibility index (Phi) is 5.50. The molecule has 0 bridgehead atoms. The normalized spacial score (nSPS) is 12.6. The Morgan fingerprint density at radius 1 is 1.21 bits per heavy atom. The molecule has 0 heterocycles. The standard InChI is InChI=1S/C15H17N3O5S/c1-23-13(11-6-3-2-4-7-11)10-17-12-8-5-9-14(24(16,21)22)15(12)18(19)20/h2-9,13,17H,10H2,1H3,(H2,16,21,22). The van der Waals surface area contributed by atoms with E-state index in [1.54, 1.807) is 0 Å². The highest BCUT2D eigenvalue weighted by molar-refractivity contribution is 7.89. The number of benzene rings is 2. The monoisotopic (exact) mass is 351 g/mol. The Bertz CT molecular complexity index is 824. The second-order valence-electron chi connectivity index (χ2n) is 4.97. The molecule has 0 spiro atoms. The second kappa shape index (κ2) is 7.39. The van der Waals surface area contributed by atoms with Crippen LogP contribution in [0.15, 0.2) is 53.4 Å². The maximum absolute atomic E-state index is 11.5. The maximum atomic E-state index is 11.5. The molecule has 0 saturated heterocycles. The number of ether oxygens (including phenoxy) is 1. The van der Waals surface area contributed by atoms with Crippen LogP contribution in [0.2, 0.25) is 0 Å². The molecule has 0 fully saturated rings. The first kappa shape index (κ1) is 17.9. The molecule has 2 aromatic rings. The zero-order valence-electron chi connectivity index (χ0n) is 12.9. The van der Waals surface area contributed by atoms with Gasteiger partial charge in [-0.3, -0.25) is 10.1 Å². The van der Waals surface area contributed by atoms with E-state index in [0.29, 0.717) is 0 Å². The number of hydrogen-bond donors (Lipinski definition) is 2. The first-order chi connectivity index (χ1) is 11.3. The Morgan fingerprint density at radius 2 is 1.88 bits per heavy atom. The van der Waals surface area contributed by atoms with Crippen LogP contribution in [0.3, 0.4) is 0 Å². The molecule has 0 radical (unpaired) electrons. The molecular weight excluding hydrogens is 334 g/mol. The highest BCUT2D eigenvalue weighted by Gasteiger charge is 2.27. The summed E-state index contributed by atoms with van der Waals surface area (Å²) < 4.78 is 28.5. The molecule has 0 aromatic heterocycles. The minimum Gasteiger partial charge on any atom is -0.376 e. The van der Waals surface area contributed by atoms with Gasteiger partial charge in [0.15, 0.2) is 4.90 Å². The van der Waals surface area contributed by atoms with Crippen molar-refractivity contribution < 1.29 is 18.1 Å². The summed E-state index contributed by atoms with van der Waals surface area (Å²) in [6.45, 7) is 0.218. The summed E-state index contributed by atoms with van der Waals surface area (Å²) in [6, 6.07) is 13.2. The number of nitrogens with one attached hydrogen (secondary N) is 1. The molecule has 8 nitrogen and oxygen atoms in total. The van der Waals surface area contributed by atoms with Crippen LogP contribution in [-0.2, 0) is 14.8 Å². The van der Waals surface area contributed by atoms with E-state index in [4.69, 9.17) is 9.88 Å². The van der Waals surface area contributed by atoms with Crippen LogP contribution < -0.4 is 10.5 Å². The van der Waals surface area contributed by atoms with Gasteiger partial charge in [-0.1, -0.05) is 36.4 Å². The number of nitrogens with two attached hydrogens (primary N) is 1. The second-order valence-corrected chi connectivity index (χ2v) is 6.50. The molecule has 2 aromatic carbocycles. The van der Waals surface area contributed by atoms with Crippen LogP contribution in [0, 0.1) is 10.1 Å². The van der Waals surface area contributed by atoms with Gasteiger partial charge >= 0.3 is 5.69 Å². The number of nitrogens with zero attached hydrogens (tertiary/aromatic N) is 1. The van der Waals surface area contributed by atoms with Crippen molar-refractivity contribution in [2.75, 3.05) is 19.0 Å². The molecule has 0 saturated carbocycles. The van der Waals surface area contributed by atoms with Gasteiger partial charge in [-0.2, -0.15) is 0 Å². The highest BCUT2D eigenvalue weighted by atomic mass is 32.2. The fourth-order valence-electron chi connectivity index (χ4n) is 2.29. The van der Waals surface area contributed by atoms with Crippen LogP contribution in [0.1, 0.15) is 11.7 Å². The lowest BCUT2D eigenvalue weighted by molar-refractivity contribution is -0.386. The van der Waals surface area contributed by atoms with Crippen LogP contribution in [0.25, 0.3) is 0 Å². The van der Waals surface area contributed by atoms with Gasteiger partial charge in [-0.15, -0.1) is 0 Å². The molecule has 3 N–H and O–H groups in total. The van der Waals surface area contributed by atoms with E-state index in [1.165, 1.54) is 19.2 Å². The summed E-state index contributed by atoms with van der Waals surface area (Å²) in [5.41, 5.74) is 0.366. The van der Waals surface area contributed by atoms with Gasteiger partial charge in [0.25, 0.3) is 0 Å². The Balaban J connectivity index is 2.31. The molecular formula is C15H17N3O5S. The van der Waals surface area contributed by atoms with Gasteiger partial charge in [-0.05, 0) is 17.7 Å². The fourth-order valence-corrected chi connectivity index (χ4v) is 3.01. The first-order valence-electron chi connectivity index (χ1n) is 6.96. The van der Waals surface area contributed by atoms with E-state index in [1.807, 2.05) is 30.3 Å². The van der Waals surface area contributed by atoms with E-state index in [0.717, 1.165) is 11.6 Å². The number of methoxy groups -OCH3 is 1. The molecule has 0 aliphatic rings. The summed E-state index contributed by atoms with van der Waals surface area (Å²) in [5.74, 6) is 0. The van der Waals surface area contributed by atoms with Crippen molar-refractivity contribution in [1.29, 1.82) is 0 Å². The molecule has 2 rings (SSSR count). The van der Waals surface area contributed by atoms with Crippen molar-refractivity contribution in [3.8, 4) is 0 Å². The number of anilines is 1. The van der Waals surface area contributed by atoms with Gasteiger partial charge in [-0.25, -0.2) is 13.6 Å². The molecule has 1 atom stereocenters. The summed E-state index contributed by atoms with van der Waals surface area (Å²) in [5, 5.41) is 19.2. The number of nitro benzene ring substituents is 1. The van der Waals surface area contributed by atoms with E-state index >= 15 is 0 Å². The highest BCUT2D eigenvalue weighted by Crippen LogP contribution is 2.31. The van der Waals surface area contributed by atoms with Crippen LogP contribution in [0.5, 0.6) is 0 Å². The Hall–Kier alpha value is -2.49. The van der Waals surface area contributed by atoms with E-state index in [2.05, 4.69) is 5.32 Å². The number of sulfonamides is 1. The number of hydrogen-bond acceptors (Lipinski definition) is 6. The van der Waals surface area contributed by atoms with Gasteiger partial charge in [0, 0.05) is 13.7 Å². The third-order valence-electron chi connectivity index (χ3n) is 3.42. The topological polar surface area (TPSA) is 125 Å². The number of rotatable bonds is 7. The average molecular weight is 351 g/mol. The Morgan fingerprint density at radius 3 is 2.42 bits per heavy atom. The van der Waals surface area contributed by atoms with Gasteiger partial charge in [0.1, 0.15) is 5.69 Å². The first-order valence-corrected chi connectivity index (χ1v) is 8.51. The third kappa shape index (κ3) is 4.07. The van der Waals surface area contributed by atoms with E-state index < -0.39 is 25.5 Å². The molecule has 1 unspecified atom stereocenters. The zero-order chi connectivity index (χ0) is 17.7. The van der Waals surface area contributed by atoms with Crippen molar-refractivity contribution in [2.24, 2.45) is 5.14 Å². The number of nitro groups is 1. The molecule has 24 heavy (non-hydrogen) atoms. The van der Waals surface area contributed by atoms with Crippen LogP contribution >= 0.6 is 0 Å². The van der Waals surface area contributed by atoms with Crippen molar-refractivity contribution in [3.63, 3.8) is 0 Å². The van der Waals surface area contributed by atoms with Crippen molar-refractivity contribution in [1.82, 2.24) is 0 Å². The van der Waals surface area contributed by atoms with Gasteiger partial charge < -0.3 is 10.1 Å². The smallest absolute Gasteiger partial charge is 0.312 e. The lowest BCUT2D eigenvalue weighted by Crippen LogP contribution is -2.18. The molecule has 0 aliphatic heterocycles. The van der Waals surface area contributed by atoms with E-state index in [-0.39, 0.29) is 18.3 Å². The van der Waals surface area contributed by atoms with Crippen molar-refractivity contribution in [3.05, 3.63) is 64.2 Å². The third-order valence-corrected chi connectivity index (χ3v) is 4.36. The predicted octanol–water partition coefficient (Wildman–Crippen LogP) is 2.04. The maximum Gasteiger partial charge on any atom is 0.312 e. The average Bonchev–Trinajstić information content (AvgIpc) is 2.55. The predicted molar refractivity (Wildman–Crippen MR) is 89.2 cm³/mol. The summed E-state index contributed by atoms with van der Waals surface area (Å²) in [4.78, 5) is 9.98. The molecule has 128 valence electrons. The molecule has 9 heteroatoms. The minimum atomic E-state index is -4.21. The lowest BCUT2D eigenvalue weighted by Gasteiger charge is -2.17. The number of para-hydroxylation sites is 1. The van der Waals surface area contributed by atoms with Crippen LogP contribution in [0.4, 0.5) is 11.4 Å². The lowest BCUT2D eigenvalue weighted by atomic mass is 10.1. The Labute approximate surface area is 139 Å². The molecule has 0 amide bonds. The number of primary sulfonamides is 1. The van der Waals surface area contributed by atoms with Gasteiger partial charge in [0.2, 0.25) is 10.0 Å². The van der Waals surface area contributed by atoms with Gasteiger partial charge in [0.05, 0.1) is 11.0 Å². The van der Waals surface area contributed by atoms with E-state index in [9.17, 15) is 18.5 Å².